The van der Waals surface area contributed by atoms with Crippen molar-refractivity contribution in [2.75, 3.05) is 6.61 Å². The first-order valence-corrected chi connectivity index (χ1v) is 3.99. The van der Waals surface area contributed by atoms with E-state index in [-0.39, 0.29) is 5.97 Å². The summed E-state index contributed by atoms with van der Waals surface area (Å²) in [6.07, 6.45) is 3.10. The quantitative estimate of drug-likeness (QED) is 0.442. The van der Waals surface area contributed by atoms with Gasteiger partial charge in [0.15, 0.2) is 0 Å². The summed E-state index contributed by atoms with van der Waals surface area (Å²) < 4.78 is 10.1. The summed E-state index contributed by atoms with van der Waals surface area (Å²) in [4.78, 5) is 11.3. The Bertz CT molecular complexity index is 200. The molecule has 0 saturated carbocycles. The Morgan fingerprint density at radius 1 is 1.58 bits per heavy atom. The van der Waals surface area contributed by atoms with Gasteiger partial charge in [-0.2, -0.15) is 0 Å². The van der Waals surface area contributed by atoms with Crippen LogP contribution in [0, 0.1) is 5.41 Å². The van der Waals surface area contributed by atoms with Crippen LogP contribution in [0.25, 0.3) is 0 Å². The Hall–Kier alpha value is -0.830. The molecule has 0 aromatic rings. The van der Waals surface area contributed by atoms with Gasteiger partial charge >= 0.3 is 5.97 Å². The standard InChI is InChI=1S/C9H14O3/c1-9(2,3)8(10)12-7-5-4-6-11-7/h4-5,7H,6H2,1-3H3. The van der Waals surface area contributed by atoms with E-state index >= 15 is 0 Å². The number of hydrogen-bond acceptors (Lipinski definition) is 3. The van der Waals surface area contributed by atoms with E-state index in [0.717, 1.165) is 0 Å². The highest BCUT2D eigenvalue weighted by Gasteiger charge is 2.26. The van der Waals surface area contributed by atoms with Crippen molar-refractivity contribution >= 4 is 5.97 Å². The predicted octanol–water partition coefficient (Wildman–Crippen LogP) is 1.49. The zero-order valence-electron chi connectivity index (χ0n) is 7.66. The summed E-state index contributed by atoms with van der Waals surface area (Å²) in [5.74, 6) is -0.237. The molecule has 1 heterocycles. The summed E-state index contributed by atoms with van der Waals surface area (Å²) in [5.41, 5.74) is -0.459. The van der Waals surface area contributed by atoms with Crippen LogP contribution in [0.2, 0.25) is 0 Å². The maximum absolute atomic E-state index is 11.3. The number of esters is 1. The van der Waals surface area contributed by atoms with Crippen molar-refractivity contribution in [1.29, 1.82) is 0 Å². The lowest BCUT2D eigenvalue weighted by atomic mass is 9.97. The largest absolute Gasteiger partial charge is 0.432 e. The van der Waals surface area contributed by atoms with Crippen LogP contribution in [0.15, 0.2) is 12.2 Å². The van der Waals surface area contributed by atoms with E-state index in [9.17, 15) is 4.79 Å². The minimum Gasteiger partial charge on any atom is -0.432 e. The Kier molecular flexibility index (Phi) is 2.52. The minimum atomic E-state index is -0.475. The fourth-order valence-corrected chi connectivity index (χ4v) is 0.728. The van der Waals surface area contributed by atoms with Gasteiger partial charge < -0.3 is 9.47 Å². The Balaban J connectivity index is 2.41. The van der Waals surface area contributed by atoms with E-state index in [1.807, 2.05) is 26.8 Å². The van der Waals surface area contributed by atoms with Crippen LogP contribution in [0.3, 0.4) is 0 Å². The van der Waals surface area contributed by atoms with Crippen LogP contribution in [-0.4, -0.2) is 18.9 Å². The van der Waals surface area contributed by atoms with Crippen LogP contribution >= 0.6 is 0 Å². The minimum absolute atomic E-state index is 0.237. The fraction of sp³-hybridized carbons (Fsp3) is 0.667. The van der Waals surface area contributed by atoms with Crippen LogP contribution in [-0.2, 0) is 14.3 Å². The zero-order valence-corrected chi connectivity index (χ0v) is 7.66. The molecule has 0 fully saturated rings. The van der Waals surface area contributed by atoms with Crippen molar-refractivity contribution < 1.29 is 14.3 Å². The van der Waals surface area contributed by atoms with E-state index < -0.39 is 11.7 Å². The molecular formula is C9H14O3. The molecule has 0 bridgehead atoms. The number of hydrogen-bond donors (Lipinski definition) is 0. The third-order valence-corrected chi connectivity index (χ3v) is 1.49. The third-order valence-electron chi connectivity index (χ3n) is 1.49. The van der Waals surface area contributed by atoms with Gasteiger partial charge in [-0.1, -0.05) is 6.08 Å². The Morgan fingerprint density at radius 2 is 2.25 bits per heavy atom. The number of carbonyl (C=O) groups is 1. The lowest BCUT2D eigenvalue weighted by Crippen LogP contribution is -2.27. The first kappa shape index (κ1) is 9.26. The number of rotatable bonds is 1. The maximum Gasteiger partial charge on any atom is 0.313 e. The molecule has 0 aliphatic carbocycles. The van der Waals surface area contributed by atoms with E-state index in [1.165, 1.54) is 0 Å². The normalized spacial score (nSPS) is 22.8. The molecule has 68 valence electrons. The first-order valence-electron chi connectivity index (χ1n) is 3.99. The summed E-state index contributed by atoms with van der Waals surface area (Å²) in [5, 5.41) is 0. The second-order valence-corrected chi connectivity index (χ2v) is 3.79. The van der Waals surface area contributed by atoms with Crippen molar-refractivity contribution in [2.45, 2.75) is 27.1 Å². The summed E-state index contributed by atoms with van der Waals surface area (Å²) in [7, 11) is 0. The summed E-state index contributed by atoms with van der Waals surface area (Å²) in [6.45, 7) is 5.97. The highest BCUT2D eigenvalue weighted by atomic mass is 16.7. The van der Waals surface area contributed by atoms with Gasteiger partial charge in [-0.25, -0.2) is 0 Å². The Labute approximate surface area is 72.4 Å². The first-order chi connectivity index (χ1) is 5.50. The molecule has 12 heavy (non-hydrogen) atoms. The van der Waals surface area contributed by atoms with E-state index in [4.69, 9.17) is 9.47 Å². The molecule has 3 nitrogen and oxygen atoms in total. The second kappa shape index (κ2) is 3.27. The lowest BCUT2D eigenvalue weighted by Gasteiger charge is -2.19. The lowest BCUT2D eigenvalue weighted by molar-refractivity contribution is -0.174. The monoisotopic (exact) mass is 170 g/mol. The third kappa shape index (κ3) is 2.34. The van der Waals surface area contributed by atoms with Gasteiger partial charge in [0.05, 0.1) is 12.0 Å². The zero-order chi connectivity index (χ0) is 9.19. The smallest absolute Gasteiger partial charge is 0.313 e. The van der Waals surface area contributed by atoms with Gasteiger partial charge in [0.25, 0.3) is 0 Å². The molecule has 0 aromatic carbocycles. The van der Waals surface area contributed by atoms with Gasteiger partial charge in [-0.05, 0) is 26.8 Å². The molecule has 1 rings (SSSR count). The SMILES string of the molecule is CC(C)(C)C(=O)OC1C=CCO1. The molecule has 0 radical (unpaired) electrons. The predicted molar refractivity (Wildman–Crippen MR) is 44.4 cm³/mol. The fourth-order valence-electron chi connectivity index (χ4n) is 0.728. The van der Waals surface area contributed by atoms with Gasteiger partial charge in [-0.15, -0.1) is 0 Å². The summed E-state index contributed by atoms with van der Waals surface area (Å²) >= 11 is 0. The van der Waals surface area contributed by atoms with E-state index in [1.54, 1.807) is 6.08 Å². The van der Waals surface area contributed by atoms with Crippen LogP contribution in [0.5, 0.6) is 0 Å². The van der Waals surface area contributed by atoms with Crippen molar-refractivity contribution in [3.63, 3.8) is 0 Å². The average molecular weight is 170 g/mol. The molecule has 0 saturated heterocycles. The molecule has 0 aromatic heterocycles. The van der Waals surface area contributed by atoms with Crippen molar-refractivity contribution in [3.05, 3.63) is 12.2 Å². The van der Waals surface area contributed by atoms with E-state index in [2.05, 4.69) is 0 Å². The van der Waals surface area contributed by atoms with Gasteiger partial charge in [0.2, 0.25) is 6.29 Å². The van der Waals surface area contributed by atoms with Crippen LogP contribution < -0.4 is 0 Å². The van der Waals surface area contributed by atoms with Gasteiger partial charge in [0, 0.05) is 0 Å². The van der Waals surface area contributed by atoms with Crippen LogP contribution in [0.1, 0.15) is 20.8 Å². The average Bonchev–Trinajstić information content (AvgIpc) is 2.37. The van der Waals surface area contributed by atoms with Gasteiger partial charge in [-0.3, -0.25) is 4.79 Å². The van der Waals surface area contributed by atoms with Crippen molar-refractivity contribution in [3.8, 4) is 0 Å². The molecule has 0 amide bonds. The summed E-state index contributed by atoms with van der Waals surface area (Å²) in [6, 6.07) is 0. The molecule has 3 heteroatoms. The molecule has 0 N–H and O–H groups in total. The van der Waals surface area contributed by atoms with Crippen LogP contribution in [0.4, 0.5) is 0 Å². The highest BCUT2D eigenvalue weighted by molar-refractivity contribution is 5.75. The number of carbonyl (C=O) groups excluding carboxylic acids is 1. The van der Waals surface area contributed by atoms with E-state index in [0.29, 0.717) is 6.61 Å². The molecular weight excluding hydrogens is 156 g/mol. The molecule has 1 aliphatic rings. The number of ether oxygens (including phenoxy) is 2. The van der Waals surface area contributed by atoms with Crippen molar-refractivity contribution in [2.24, 2.45) is 5.41 Å². The highest BCUT2D eigenvalue weighted by Crippen LogP contribution is 2.18. The molecule has 0 spiro atoms. The maximum atomic E-state index is 11.3. The topological polar surface area (TPSA) is 35.5 Å². The molecule has 1 atom stereocenters. The van der Waals surface area contributed by atoms with Crippen molar-refractivity contribution in [1.82, 2.24) is 0 Å². The molecule has 1 aliphatic heterocycles. The Morgan fingerprint density at radius 3 is 2.67 bits per heavy atom. The molecule has 1 unspecified atom stereocenters. The second-order valence-electron chi connectivity index (χ2n) is 3.79. The van der Waals surface area contributed by atoms with Gasteiger partial charge in [0.1, 0.15) is 0 Å².